The lowest BCUT2D eigenvalue weighted by atomic mass is 10.2. The molecule has 5 rings (SSSR count). The van der Waals surface area contributed by atoms with Crippen molar-refractivity contribution in [3.63, 3.8) is 0 Å². The highest BCUT2D eigenvalue weighted by Crippen LogP contribution is 2.25. The first-order valence-electron chi connectivity index (χ1n) is 9.55. The number of nitrogens with zero attached hydrogens (tertiary/aromatic N) is 4. The molecule has 2 aromatic heterocycles. The lowest BCUT2D eigenvalue weighted by Crippen LogP contribution is -2.24. The third kappa shape index (κ3) is 3.18. The minimum absolute atomic E-state index is 0.202. The van der Waals surface area contributed by atoms with Gasteiger partial charge in [0.2, 0.25) is 5.95 Å². The zero-order chi connectivity index (χ0) is 20.8. The number of hydrogen-bond acceptors (Lipinski definition) is 5. The molecule has 7 nitrogen and oxygen atoms in total. The fourth-order valence-corrected chi connectivity index (χ4v) is 3.41. The molecule has 0 unspecified atom stereocenters. The van der Waals surface area contributed by atoms with Crippen molar-refractivity contribution in [2.45, 2.75) is 25.4 Å². The van der Waals surface area contributed by atoms with E-state index in [1.165, 1.54) is 21.4 Å². The summed E-state index contributed by atoms with van der Waals surface area (Å²) in [4.78, 5) is 22.1. The standard InChI is InChI=1S/C21H18F2N6O/c22-16-5-2-6-17(23)15(16)11-28-18-10-25-20(26-13-7-8-13)27-19(18)29(21(28)30)14-4-1-3-12(24)9-14/h1-6,9-10,13H,7-8,11,24H2,(H,25,26,27). The maximum atomic E-state index is 14.2. The van der Waals surface area contributed by atoms with E-state index in [0.717, 1.165) is 25.0 Å². The first kappa shape index (κ1) is 18.3. The van der Waals surface area contributed by atoms with Crippen LogP contribution in [0.1, 0.15) is 18.4 Å². The van der Waals surface area contributed by atoms with Gasteiger partial charge in [-0.3, -0.25) is 4.57 Å². The molecule has 0 atom stereocenters. The second-order valence-corrected chi connectivity index (χ2v) is 7.32. The Morgan fingerprint density at radius 1 is 1.13 bits per heavy atom. The van der Waals surface area contributed by atoms with E-state index < -0.39 is 17.3 Å². The van der Waals surface area contributed by atoms with Gasteiger partial charge in [0.1, 0.15) is 17.2 Å². The molecule has 1 aliphatic rings. The summed E-state index contributed by atoms with van der Waals surface area (Å²) < 4.78 is 31.1. The van der Waals surface area contributed by atoms with Gasteiger partial charge in [-0.2, -0.15) is 4.98 Å². The Balaban J connectivity index is 1.72. The van der Waals surface area contributed by atoms with Gasteiger partial charge in [0.15, 0.2) is 5.65 Å². The number of nitrogens with one attached hydrogen (secondary N) is 1. The number of fused-ring (bicyclic) bond motifs is 1. The molecule has 30 heavy (non-hydrogen) atoms. The number of rotatable bonds is 5. The fraction of sp³-hybridized carbons (Fsp3) is 0.190. The van der Waals surface area contributed by atoms with Crippen LogP contribution in [-0.2, 0) is 6.54 Å². The first-order valence-corrected chi connectivity index (χ1v) is 9.55. The first-order chi connectivity index (χ1) is 14.5. The van der Waals surface area contributed by atoms with E-state index in [0.29, 0.717) is 34.5 Å². The van der Waals surface area contributed by atoms with Crippen LogP contribution in [0, 0.1) is 11.6 Å². The highest BCUT2D eigenvalue weighted by Gasteiger charge is 2.24. The van der Waals surface area contributed by atoms with Gasteiger partial charge in [0, 0.05) is 17.3 Å². The molecule has 0 amide bonds. The van der Waals surface area contributed by atoms with Crippen molar-refractivity contribution < 1.29 is 8.78 Å². The van der Waals surface area contributed by atoms with Gasteiger partial charge in [-0.1, -0.05) is 12.1 Å². The molecule has 4 aromatic rings. The SMILES string of the molecule is Nc1cccc(-n2c(=O)n(Cc3c(F)cccc3F)c3cnc(NC4CC4)nc32)c1. The molecule has 1 fully saturated rings. The highest BCUT2D eigenvalue weighted by atomic mass is 19.1. The van der Waals surface area contributed by atoms with Gasteiger partial charge in [-0.25, -0.2) is 23.1 Å². The average Bonchev–Trinajstić information content (AvgIpc) is 3.48. The summed E-state index contributed by atoms with van der Waals surface area (Å²) in [6, 6.07) is 10.7. The quantitative estimate of drug-likeness (QED) is 0.496. The summed E-state index contributed by atoms with van der Waals surface area (Å²) in [5.41, 5.74) is 6.89. The van der Waals surface area contributed by atoms with E-state index in [1.54, 1.807) is 24.3 Å². The van der Waals surface area contributed by atoms with Crippen molar-refractivity contribution in [2.24, 2.45) is 0 Å². The minimum atomic E-state index is -0.723. The zero-order valence-corrected chi connectivity index (χ0v) is 15.8. The maximum Gasteiger partial charge on any atom is 0.335 e. The molecule has 0 bridgehead atoms. The van der Waals surface area contributed by atoms with Crippen molar-refractivity contribution in [3.8, 4) is 5.69 Å². The molecule has 1 aliphatic carbocycles. The van der Waals surface area contributed by atoms with E-state index in [9.17, 15) is 13.6 Å². The van der Waals surface area contributed by atoms with E-state index in [1.807, 2.05) is 0 Å². The van der Waals surface area contributed by atoms with Crippen molar-refractivity contribution in [1.82, 2.24) is 19.1 Å². The second kappa shape index (κ2) is 6.94. The molecule has 3 N–H and O–H groups in total. The number of aromatic nitrogens is 4. The van der Waals surface area contributed by atoms with Crippen LogP contribution in [0.3, 0.4) is 0 Å². The summed E-state index contributed by atoms with van der Waals surface area (Å²) in [5, 5.41) is 3.20. The highest BCUT2D eigenvalue weighted by molar-refractivity contribution is 5.75. The smallest absolute Gasteiger partial charge is 0.335 e. The number of hydrogen-bond donors (Lipinski definition) is 2. The molecule has 152 valence electrons. The van der Waals surface area contributed by atoms with Gasteiger partial charge in [-0.15, -0.1) is 0 Å². The monoisotopic (exact) mass is 408 g/mol. The van der Waals surface area contributed by atoms with Crippen LogP contribution in [0.25, 0.3) is 16.9 Å². The molecular formula is C21H18F2N6O. The van der Waals surface area contributed by atoms with Crippen molar-refractivity contribution in [3.05, 3.63) is 76.3 Å². The maximum absolute atomic E-state index is 14.2. The van der Waals surface area contributed by atoms with Gasteiger partial charge in [0.05, 0.1) is 18.4 Å². The topological polar surface area (TPSA) is 90.8 Å². The number of halogens is 2. The molecule has 0 spiro atoms. The zero-order valence-electron chi connectivity index (χ0n) is 15.8. The summed E-state index contributed by atoms with van der Waals surface area (Å²) in [6.45, 7) is -0.290. The molecule has 0 aliphatic heterocycles. The molecular weight excluding hydrogens is 390 g/mol. The Kier molecular flexibility index (Phi) is 4.23. The predicted octanol–water partition coefficient (Wildman–Crippen LogP) is 3.07. The molecule has 9 heteroatoms. The van der Waals surface area contributed by atoms with E-state index in [4.69, 9.17) is 5.73 Å². The Bertz CT molecular complexity index is 1300. The lowest BCUT2D eigenvalue weighted by Gasteiger charge is -2.06. The molecule has 0 radical (unpaired) electrons. The Hall–Kier alpha value is -3.75. The van der Waals surface area contributed by atoms with Crippen LogP contribution in [0.4, 0.5) is 20.4 Å². The van der Waals surface area contributed by atoms with Gasteiger partial charge < -0.3 is 11.1 Å². The third-order valence-electron chi connectivity index (χ3n) is 5.09. The number of anilines is 2. The van der Waals surface area contributed by atoms with Crippen molar-refractivity contribution >= 4 is 22.8 Å². The van der Waals surface area contributed by atoms with Crippen molar-refractivity contribution in [2.75, 3.05) is 11.1 Å². The summed E-state index contributed by atoms with van der Waals surface area (Å²) in [6.07, 6.45) is 3.57. The second-order valence-electron chi connectivity index (χ2n) is 7.32. The van der Waals surface area contributed by atoms with Crippen LogP contribution in [0.2, 0.25) is 0 Å². The Labute approximate surface area is 169 Å². The molecule has 2 aromatic carbocycles. The fourth-order valence-electron chi connectivity index (χ4n) is 3.41. The van der Waals surface area contributed by atoms with Crippen molar-refractivity contribution in [1.29, 1.82) is 0 Å². The molecule has 2 heterocycles. The molecule has 0 saturated heterocycles. The van der Waals surface area contributed by atoms with Gasteiger partial charge >= 0.3 is 5.69 Å². The normalized spacial score (nSPS) is 13.7. The summed E-state index contributed by atoms with van der Waals surface area (Å²) in [7, 11) is 0. The van der Waals surface area contributed by atoms with Crippen LogP contribution in [0.15, 0.2) is 53.5 Å². The van der Waals surface area contributed by atoms with Crippen LogP contribution >= 0.6 is 0 Å². The average molecular weight is 408 g/mol. The van der Waals surface area contributed by atoms with E-state index in [2.05, 4.69) is 15.3 Å². The van der Waals surface area contributed by atoms with Crippen LogP contribution in [-0.4, -0.2) is 25.1 Å². The summed E-state index contributed by atoms with van der Waals surface area (Å²) >= 11 is 0. The third-order valence-corrected chi connectivity index (χ3v) is 5.09. The van der Waals surface area contributed by atoms with Gasteiger partial charge in [0.25, 0.3) is 0 Å². The number of nitrogens with two attached hydrogens (primary N) is 1. The minimum Gasteiger partial charge on any atom is -0.399 e. The lowest BCUT2D eigenvalue weighted by molar-refractivity contribution is 0.543. The van der Waals surface area contributed by atoms with Crippen LogP contribution in [0.5, 0.6) is 0 Å². The largest absolute Gasteiger partial charge is 0.399 e. The number of nitrogen functional groups attached to an aromatic ring is 1. The van der Waals surface area contributed by atoms with Gasteiger partial charge in [-0.05, 0) is 43.2 Å². The summed E-state index contributed by atoms with van der Waals surface area (Å²) in [5.74, 6) is -1.05. The van der Waals surface area contributed by atoms with E-state index in [-0.39, 0.29) is 12.1 Å². The Morgan fingerprint density at radius 2 is 1.87 bits per heavy atom. The number of benzene rings is 2. The predicted molar refractivity (Wildman–Crippen MR) is 110 cm³/mol. The van der Waals surface area contributed by atoms with Crippen LogP contribution < -0.4 is 16.7 Å². The molecule has 1 saturated carbocycles. The Morgan fingerprint density at radius 3 is 2.57 bits per heavy atom. The van der Waals surface area contributed by atoms with E-state index >= 15 is 0 Å². The number of imidazole rings is 1.